The fourth-order valence-electron chi connectivity index (χ4n) is 2.94. The van der Waals surface area contributed by atoms with Crippen molar-refractivity contribution in [1.82, 2.24) is 9.55 Å². The second kappa shape index (κ2) is 8.02. The summed E-state index contributed by atoms with van der Waals surface area (Å²) >= 11 is 0. The van der Waals surface area contributed by atoms with Gasteiger partial charge in [0, 0.05) is 0 Å². The maximum atomic E-state index is 13.0. The normalized spacial score (nSPS) is 12.2. The summed E-state index contributed by atoms with van der Waals surface area (Å²) in [4.78, 5) is 31.0. The zero-order valence-electron chi connectivity index (χ0n) is 16.1. The van der Waals surface area contributed by atoms with E-state index in [0.717, 1.165) is 22.3 Å². The number of aromatic nitrogens is 2. The number of nitrogens with zero attached hydrogens (tertiary/aromatic N) is 2. The van der Waals surface area contributed by atoms with Crippen LogP contribution in [0.4, 0.5) is 18.9 Å². The van der Waals surface area contributed by atoms with Crippen LogP contribution < -0.4 is 11.2 Å². The van der Waals surface area contributed by atoms with Crippen LogP contribution in [0.1, 0.15) is 30.0 Å². The van der Waals surface area contributed by atoms with E-state index in [9.17, 15) is 27.9 Å². The smallest absolute Gasteiger partial charge is 0.416 e. The van der Waals surface area contributed by atoms with Crippen LogP contribution in [0.25, 0.3) is 5.69 Å². The van der Waals surface area contributed by atoms with Crippen LogP contribution in [0.15, 0.2) is 63.1 Å². The third kappa shape index (κ3) is 4.19. The number of halogens is 3. The van der Waals surface area contributed by atoms with E-state index in [1.54, 1.807) is 31.2 Å². The molecule has 3 aromatic rings. The summed E-state index contributed by atoms with van der Waals surface area (Å²) < 4.78 is 39.8. The van der Waals surface area contributed by atoms with Gasteiger partial charge in [0.2, 0.25) is 5.88 Å². The van der Waals surface area contributed by atoms with Gasteiger partial charge in [-0.15, -0.1) is 0 Å². The van der Waals surface area contributed by atoms with E-state index in [1.165, 1.54) is 12.1 Å². The van der Waals surface area contributed by atoms with E-state index in [2.05, 4.69) is 9.98 Å². The van der Waals surface area contributed by atoms with Crippen LogP contribution >= 0.6 is 0 Å². The largest absolute Gasteiger partial charge is 0.493 e. The van der Waals surface area contributed by atoms with Crippen LogP contribution in [-0.2, 0) is 6.18 Å². The van der Waals surface area contributed by atoms with Crippen molar-refractivity contribution >= 4 is 11.4 Å². The molecule has 6 nitrogen and oxygen atoms in total. The highest BCUT2D eigenvalue weighted by Gasteiger charge is 2.30. The molecule has 0 aliphatic carbocycles. The van der Waals surface area contributed by atoms with E-state index >= 15 is 0 Å². The molecule has 2 aromatic carbocycles. The van der Waals surface area contributed by atoms with Gasteiger partial charge in [-0.05, 0) is 43.7 Å². The molecule has 0 unspecified atom stereocenters. The Bertz CT molecular complexity index is 1220. The van der Waals surface area contributed by atoms with Crippen molar-refractivity contribution in [2.75, 3.05) is 0 Å². The average molecular weight is 417 g/mol. The average Bonchev–Trinajstić information content (AvgIpc) is 2.68. The van der Waals surface area contributed by atoms with Crippen LogP contribution in [0.2, 0.25) is 0 Å². The molecule has 0 saturated heterocycles. The lowest BCUT2D eigenvalue weighted by molar-refractivity contribution is -0.137. The summed E-state index contributed by atoms with van der Waals surface area (Å²) in [7, 11) is 0. The number of rotatable bonds is 4. The molecule has 0 saturated carbocycles. The molecule has 2 N–H and O–H groups in total. The number of aromatic amines is 1. The summed E-state index contributed by atoms with van der Waals surface area (Å²) in [5.74, 6) is -0.639. The van der Waals surface area contributed by atoms with Gasteiger partial charge in [0.15, 0.2) is 0 Å². The predicted octanol–water partition coefficient (Wildman–Crippen LogP) is 4.09. The lowest BCUT2D eigenvalue weighted by Gasteiger charge is -2.13. The molecule has 0 aliphatic rings. The van der Waals surface area contributed by atoms with E-state index in [-0.39, 0.29) is 23.4 Å². The number of aliphatic imine (C=N–C) groups is 1. The number of hydrogen-bond acceptors (Lipinski definition) is 4. The minimum absolute atomic E-state index is 0.0337. The number of aromatic hydroxyl groups is 1. The molecular formula is C21H18F3N3O3. The highest BCUT2D eigenvalue weighted by Crippen LogP contribution is 2.32. The van der Waals surface area contributed by atoms with E-state index in [0.29, 0.717) is 5.69 Å². The van der Waals surface area contributed by atoms with Gasteiger partial charge in [0.1, 0.15) is 5.56 Å². The standard InChI is InChI=1S/C21H18F3N3O3/c1-3-16(25-14-6-4-5-13(11-14)21(22,23)24)17-18(28)26-20(30)27(19(17)29)15-9-7-12(2)8-10-15/h4-11,29H,3H2,1-2H3,(H,26,28,30). The van der Waals surface area contributed by atoms with Crippen molar-refractivity contribution < 1.29 is 18.3 Å². The molecule has 9 heteroatoms. The molecule has 0 amide bonds. The first-order chi connectivity index (χ1) is 14.1. The number of nitrogens with one attached hydrogen (secondary N) is 1. The van der Waals surface area contributed by atoms with Gasteiger partial charge < -0.3 is 5.11 Å². The molecule has 0 fully saturated rings. The molecule has 0 bridgehead atoms. The van der Waals surface area contributed by atoms with Crippen molar-refractivity contribution in [2.24, 2.45) is 4.99 Å². The Hall–Kier alpha value is -3.62. The van der Waals surface area contributed by atoms with Gasteiger partial charge in [-0.3, -0.25) is 14.8 Å². The molecule has 0 aliphatic heterocycles. The van der Waals surface area contributed by atoms with E-state index < -0.39 is 28.9 Å². The summed E-state index contributed by atoms with van der Waals surface area (Å²) in [5.41, 5.74) is -1.65. The number of alkyl halides is 3. The number of benzene rings is 2. The molecule has 30 heavy (non-hydrogen) atoms. The minimum Gasteiger partial charge on any atom is -0.493 e. The summed E-state index contributed by atoms with van der Waals surface area (Å²) in [6, 6.07) is 10.9. The second-order valence-corrected chi connectivity index (χ2v) is 6.59. The highest BCUT2D eigenvalue weighted by atomic mass is 19.4. The van der Waals surface area contributed by atoms with E-state index in [4.69, 9.17) is 0 Å². The van der Waals surface area contributed by atoms with Crippen molar-refractivity contribution in [2.45, 2.75) is 26.4 Å². The molecular weight excluding hydrogens is 399 g/mol. The SMILES string of the molecule is CCC(=Nc1cccc(C(F)(F)F)c1)c1c(O)n(-c2ccc(C)cc2)c(=O)[nH]c1=O. The quantitative estimate of drug-likeness (QED) is 0.627. The third-order valence-electron chi connectivity index (χ3n) is 4.44. The minimum atomic E-state index is -4.55. The molecule has 3 rings (SSSR count). The predicted molar refractivity (Wildman–Crippen MR) is 107 cm³/mol. The Morgan fingerprint density at radius 2 is 1.80 bits per heavy atom. The van der Waals surface area contributed by atoms with Crippen molar-refractivity contribution in [3.8, 4) is 11.6 Å². The highest BCUT2D eigenvalue weighted by molar-refractivity contribution is 6.03. The van der Waals surface area contributed by atoms with Crippen molar-refractivity contribution in [3.05, 3.63) is 86.1 Å². The summed E-state index contributed by atoms with van der Waals surface area (Å²) in [5, 5.41) is 10.7. The lowest BCUT2D eigenvalue weighted by atomic mass is 10.1. The van der Waals surface area contributed by atoms with Crippen molar-refractivity contribution in [3.63, 3.8) is 0 Å². The maximum absolute atomic E-state index is 13.0. The zero-order chi connectivity index (χ0) is 22.1. The first-order valence-electron chi connectivity index (χ1n) is 9.02. The molecule has 1 heterocycles. The Labute approximate surface area is 169 Å². The van der Waals surface area contributed by atoms with Gasteiger partial charge in [0.25, 0.3) is 5.56 Å². The van der Waals surface area contributed by atoms with Crippen LogP contribution in [0, 0.1) is 6.92 Å². The van der Waals surface area contributed by atoms with Crippen molar-refractivity contribution in [1.29, 1.82) is 0 Å². The Balaban J connectivity index is 2.20. The monoisotopic (exact) mass is 417 g/mol. The topological polar surface area (TPSA) is 87.4 Å². The molecule has 156 valence electrons. The lowest BCUT2D eigenvalue weighted by Crippen LogP contribution is -2.33. The Morgan fingerprint density at radius 3 is 2.40 bits per heavy atom. The van der Waals surface area contributed by atoms with Gasteiger partial charge in [-0.25, -0.2) is 9.36 Å². The summed E-state index contributed by atoms with van der Waals surface area (Å²) in [6.07, 6.45) is -4.42. The van der Waals surface area contributed by atoms with Gasteiger partial charge >= 0.3 is 11.9 Å². The Kier molecular flexibility index (Phi) is 5.64. The third-order valence-corrected chi connectivity index (χ3v) is 4.44. The van der Waals surface area contributed by atoms with Crippen LogP contribution in [-0.4, -0.2) is 20.4 Å². The molecule has 1 aromatic heterocycles. The van der Waals surface area contributed by atoms with E-state index in [1.807, 2.05) is 6.92 Å². The van der Waals surface area contributed by atoms with Gasteiger partial charge in [0.05, 0.1) is 22.6 Å². The number of aryl methyl sites for hydroxylation is 1. The number of H-pyrrole nitrogens is 1. The van der Waals surface area contributed by atoms with Crippen LogP contribution in [0.3, 0.4) is 0 Å². The molecule has 0 radical (unpaired) electrons. The maximum Gasteiger partial charge on any atom is 0.416 e. The van der Waals surface area contributed by atoms with Crippen LogP contribution in [0.5, 0.6) is 5.88 Å². The first-order valence-corrected chi connectivity index (χ1v) is 9.02. The zero-order valence-corrected chi connectivity index (χ0v) is 16.1. The number of hydrogen-bond donors (Lipinski definition) is 2. The second-order valence-electron chi connectivity index (χ2n) is 6.59. The summed E-state index contributed by atoms with van der Waals surface area (Å²) in [6.45, 7) is 3.48. The molecule has 0 spiro atoms. The Morgan fingerprint density at radius 1 is 1.13 bits per heavy atom. The fourth-order valence-corrected chi connectivity index (χ4v) is 2.94. The van der Waals surface area contributed by atoms with Gasteiger partial charge in [-0.2, -0.15) is 13.2 Å². The first kappa shape index (κ1) is 21.1. The fraction of sp³-hybridized carbons (Fsp3) is 0.190. The molecule has 0 atom stereocenters. The van der Waals surface area contributed by atoms with Gasteiger partial charge in [-0.1, -0.05) is 30.7 Å².